The maximum Gasteiger partial charge on any atom is 0.251 e. The summed E-state index contributed by atoms with van der Waals surface area (Å²) in [4.78, 5) is 26.3. The van der Waals surface area contributed by atoms with Crippen molar-refractivity contribution in [2.45, 2.75) is 38.6 Å². The molecule has 0 saturated carbocycles. The van der Waals surface area contributed by atoms with E-state index in [4.69, 9.17) is 0 Å². The van der Waals surface area contributed by atoms with Gasteiger partial charge in [0.2, 0.25) is 5.91 Å². The predicted octanol–water partition coefficient (Wildman–Crippen LogP) is 3.00. The van der Waals surface area contributed by atoms with Gasteiger partial charge >= 0.3 is 0 Å². The highest BCUT2D eigenvalue weighted by atomic mass is 16.2. The van der Waals surface area contributed by atoms with Crippen LogP contribution in [0, 0.1) is 0 Å². The predicted molar refractivity (Wildman–Crippen MR) is 97.7 cm³/mol. The lowest BCUT2D eigenvalue weighted by molar-refractivity contribution is -0.132. The minimum Gasteiger partial charge on any atom is -0.349 e. The highest BCUT2D eigenvalue weighted by molar-refractivity contribution is 5.94. The lowest BCUT2D eigenvalue weighted by Crippen LogP contribution is -2.46. The Morgan fingerprint density at radius 2 is 1.72 bits per heavy atom. The van der Waals surface area contributed by atoms with E-state index in [1.807, 2.05) is 65.2 Å². The number of carbonyl (C=O) groups is 2. The highest BCUT2D eigenvalue weighted by Crippen LogP contribution is 2.14. The van der Waals surface area contributed by atoms with Gasteiger partial charge in [-0.15, -0.1) is 0 Å². The molecule has 1 aliphatic rings. The third-order valence-corrected chi connectivity index (χ3v) is 4.68. The second-order valence-electron chi connectivity index (χ2n) is 6.52. The van der Waals surface area contributed by atoms with Crippen LogP contribution >= 0.6 is 0 Å². The van der Waals surface area contributed by atoms with Crippen LogP contribution in [0.15, 0.2) is 48.8 Å². The minimum absolute atomic E-state index is 0.0441. The SMILES string of the molecule is CCCC(=O)N1CCC(NC(=O)c2ccc(-n3cccc3)cc2)CC1. The van der Waals surface area contributed by atoms with Crippen LogP contribution in [0.25, 0.3) is 5.69 Å². The van der Waals surface area contributed by atoms with Gasteiger partial charge < -0.3 is 14.8 Å². The van der Waals surface area contributed by atoms with Crippen LogP contribution in [-0.4, -0.2) is 40.4 Å². The van der Waals surface area contributed by atoms with Gasteiger partial charge in [-0.2, -0.15) is 0 Å². The van der Waals surface area contributed by atoms with Crippen molar-refractivity contribution in [3.63, 3.8) is 0 Å². The molecule has 0 radical (unpaired) electrons. The number of aromatic nitrogens is 1. The molecule has 1 saturated heterocycles. The molecule has 5 heteroatoms. The number of amides is 2. The summed E-state index contributed by atoms with van der Waals surface area (Å²) in [6.45, 7) is 3.49. The fraction of sp³-hybridized carbons (Fsp3) is 0.400. The number of rotatable bonds is 5. The lowest BCUT2D eigenvalue weighted by atomic mass is 10.0. The van der Waals surface area contributed by atoms with E-state index in [2.05, 4.69) is 5.32 Å². The fourth-order valence-corrected chi connectivity index (χ4v) is 3.21. The third-order valence-electron chi connectivity index (χ3n) is 4.68. The molecule has 0 atom stereocenters. The van der Waals surface area contributed by atoms with E-state index in [0.29, 0.717) is 12.0 Å². The van der Waals surface area contributed by atoms with Crippen molar-refractivity contribution in [2.75, 3.05) is 13.1 Å². The van der Waals surface area contributed by atoms with Crippen LogP contribution in [0.2, 0.25) is 0 Å². The van der Waals surface area contributed by atoms with Crippen molar-refractivity contribution >= 4 is 11.8 Å². The Balaban J connectivity index is 1.52. The van der Waals surface area contributed by atoms with Crippen LogP contribution < -0.4 is 5.32 Å². The molecular formula is C20H25N3O2. The maximum atomic E-state index is 12.4. The van der Waals surface area contributed by atoms with Gasteiger partial charge in [0.15, 0.2) is 0 Å². The number of piperidine rings is 1. The number of benzene rings is 1. The van der Waals surface area contributed by atoms with E-state index >= 15 is 0 Å². The lowest BCUT2D eigenvalue weighted by Gasteiger charge is -2.32. The van der Waals surface area contributed by atoms with Crippen molar-refractivity contribution in [3.05, 3.63) is 54.4 Å². The molecule has 2 heterocycles. The molecule has 2 amide bonds. The van der Waals surface area contributed by atoms with Crippen molar-refractivity contribution in [1.29, 1.82) is 0 Å². The molecule has 0 bridgehead atoms. The minimum atomic E-state index is -0.0441. The zero-order valence-electron chi connectivity index (χ0n) is 14.6. The third kappa shape index (κ3) is 4.29. The molecule has 0 spiro atoms. The number of nitrogens with one attached hydrogen (secondary N) is 1. The van der Waals surface area contributed by atoms with Crippen LogP contribution in [0.4, 0.5) is 0 Å². The van der Waals surface area contributed by atoms with Crippen molar-refractivity contribution in [2.24, 2.45) is 0 Å². The van der Waals surface area contributed by atoms with Gasteiger partial charge in [0.25, 0.3) is 5.91 Å². The molecule has 5 nitrogen and oxygen atoms in total. The van der Waals surface area contributed by atoms with E-state index in [1.165, 1.54) is 0 Å². The van der Waals surface area contributed by atoms with Gasteiger partial charge in [0, 0.05) is 49.2 Å². The first-order valence-electron chi connectivity index (χ1n) is 8.99. The van der Waals surface area contributed by atoms with Crippen molar-refractivity contribution < 1.29 is 9.59 Å². The van der Waals surface area contributed by atoms with Gasteiger partial charge in [0.1, 0.15) is 0 Å². The summed E-state index contributed by atoms with van der Waals surface area (Å²) < 4.78 is 2.00. The Hall–Kier alpha value is -2.56. The Kier molecular flexibility index (Phi) is 5.53. The summed E-state index contributed by atoms with van der Waals surface area (Å²) in [6, 6.07) is 11.7. The second kappa shape index (κ2) is 8.01. The van der Waals surface area contributed by atoms with Crippen LogP contribution in [-0.2, 0) is 4.79 Å². The van der Waals surface area contributed by atoms with E-state index < -0.39 is 0 Å². The average Bonchev–Trinajstić information content (AvgIpc) is 3.17. The number of likely N-dealkylation sites (tertiary alicyclic amines) is 1. The summed E-state index contributed by atoms with van der Waals surface area (Å²) in [5.41, 5.74) is 1.70. The van der Waals surface area contributed by atoms with Gasteiger partial charge in [-0.1, -0.05) is 6.92 Å². The molecule has 0 aliphatic carbocycles. The number of carbonyl (C=O) groups excluding carboxylic acids is 2. The van der Waals surface area contributed by atoms with Crippen molar-refractivity contribution in [1.82, 2.24) is 14.8 Å². The van der Waals surface area contributed by atoms with E-state index in [0.717, 1.165) is 38.0 Å². The van der Waals surface area contributed by atoms with Crippen molar-refractivity contribution in [3.8, 4) is 5.69 Å². The van der Waals surface area contributed by atoms with Crippen LogP contribution in [0.5, 0.6) is 0 Å². The molecule has 1 N–H and O–H groups in total. The number of hydrogen-bond donors (Lipinski definition) is 1. The molecule has 1 fully saturated rings. The van der Waals surface area contributed by atoms with Gasteiger partial charge in [0.05, 0.1) is 0 Å². The molecule has 0 unspecified atom stereocenters. The molecule has 1 aliphatic heterocycles. The van der Waals surface area contributed by atoms with Gasteiger partial charge in [-0.3, -0.25) is 9.59 Å². The Morgan fingerprint density at radius 1 is 1.08 bits per heavy atom. The molecule has 3 rings (SSSR count). The summed E-state index contributed by atoms with van der Waals surface area (Å²) in [5.74, 6) is 0.185. The molecule has 2 aromatic rings. The smallest absolute Gasteiger partial charge is 0.251 e. The first-order valence-corrected chi connectivity index (χ1v) is 8.99. The second-order valence-corrected chi connectivity index (χ2v) is 6.52. The average molecular weight is 339 g/mol. The topological polar surface area (TPSA) is 54.3 Å². The summed E-state index contributed by atoms with van der Waals surface area (Å²) in [7, 11) is 0. The maximum absolute atomic E-state index is 12.4. The molecule has 1 aromatic carbocycles. The number of hydrogen-bond acceptors (Lipinski definition) is 2. The Labute approximate surface area is 148 Å². The Bertz CT molecular complexity index is 699. The zero-order chi connectivity index (χ0) is 17.6. The number of nitrogens with zero attached hydrogens (tertiary/aromatic N) is 2. The van der Waals surface area contributed by atoms with Gasteiger partial charge in [-0.05, 0) is 55.7 Å². The standard InChI is InChI=1S/C20H25N3O2/c1-2-5-19(24)23-14-10-17(11-15-23)21-20(25)16-6-8-18(9-7-16)22-12-3-4-13-22/h3-4,6-9,12-13,17H,2,5,10-11,14-15H2,1H3,(H,21,25). The van der Waals surface area contributed by atoms with Crippen LogP contribution in [0.3, 0.4) is 0 Å². The van der Waals surface area contributed by atoms with E-state index in [-0.39, 0.29) is 17.9 Å². The summed E-state index contributed by atoms with van der Waals surface area (Å²) in [6.07, 6.45) is 7.09. The summed E-state index contributed by atoms with van der Waals surface area (Å²) >= 11 is 0. The van der Waals surface area contributed by atoms with Gasteiger partial charge in [-0.25, -0.2) is 0 Å². The normalized spacial score (nSPS) is 15.2. The highest BCUT2D eigenvalue weighted by Gasteiger charge is 2.23. The molecule has 132 valence electrons. The quantitative estimate of drug-likeness (QED) is 0.910. The van der Waals surface area contributed by atoms with E-state index in [1.54, 1.807) is 0 Å². The van der Waals surface area contributed by atoms with Crippen LogP contribution in [0.1, 0.15) is 43.0 Å². The first kappa shape index (κ1) is 17.3. The molecule has 25 heavy (non-hydrogen) atoms. The zero-order valence-corrected chi connectivity index (χ0v) is 14.6. The van der Waals surface area contributed by atoms with E-state index in [9.17, 15) is 9.59 Å². The largest absolute Gasteiger partial charge is 0.349 e. The Morgan fingerprint density at radius 3 is 2.32 bits per heavy atom. The molecule has 1 aromatic heterocycles. The fourth-order valence-electron chi connectivity index (χ4n) is 3.21. The summed E-state index contributed by atoms with van der Waals surface area (Å²) in [5, 5.41) is 3.10. The monoisotopic (exact) mass is 339 g/mol. The molecular weight excluding hydrogens is 314 g/mol. The first-order chi connectivity index (χ1) is 12.2.